The van der Waals surface area contributed by atoms with Crippen molar-refractivity contribution in [3.8, 4) is 0 Å². The summed E-state index contributed by atoms with van der Waals surface area (Å²) >= 11 is 5.12. The molecule has 0 N–H and O–H groups in total. The number of hydrogen-bond donors (Lipinski definition) is 0. The van der Waals surface area contributed by atoms with Crippen LogP contribution in [0.5, 0.6) is 0 Å². The molecular weight excluding hydrogens is 171 g/mol. The largest absolute Gasteiger partial charge is 0.250 e. The van der Waals surface area contributed by atoms with Crippen LogP contribution in [-0.2, 0) is 0 Å². The van der Waals surface area contributed by atoms with E-state index in [1.807, 2.05) is 0 Å². The van der Waals surface area contributed by atoms with Crippen LogP contribution in [0.3, 0.4) is 0 Å². The molecule has 0 bridgehead atoms. The summed E-state index contributed by atoms with van der Waals surface area (Å²) in [6.45, 7) is 0. The van der Waals surface area contributed by atoms with Gasteiger partial charge in [0.05, 0.1) is 0 Å². The molecule has 0 amide bonds. The Morgan fingerprint density at radius 1 is 1.71 bits per heavy atom. The van der Waals surface area contributed by atoms with Crippen molar-refractivity contribution in [2.24, 2.45) is 0 Å². The van der Waals surface area contributed by atoms with E-state index in [9.17, 15) is 0 Å². The van der Waals surface area contributed by atoms with E-state index in [4.69, 9.17) is 0 Å². The first kappa shape index (κ1) is 5.38. The van der Waals surface area contributed by atoms with Crippen molar-refractivity contribution < 1.29 is 0 Å². The number of rotatable bonds is 1. The molecule has 1 rings (SSSR count). The average Bonchev–Trinajstić information content (AvgIpc) is 2.14. The van der Waals surface area contributed by atoms with E-state index >= 15 is 0 Å². The molecule has 0 spiro atoms. The first-order valence-electron chi connectivity index (χ1n) is 2.02. The van der Waals surface area contributed by atoms with Crippen molar-refractivity contribution in [2.75, 3.05) is 0 Å². The molecule has 3 heteroatoms. The molecular formula is C4H4BBrS. The zero-order valence-corrected chi connectivity index (χ0v) is 6.13. The highest BCUT2D eigenvalue weighted by molar-refractivity contribution is 9.23. The van der Waals surface area contributed by atoms with Gasteiger partial charge in [-0.05, 0) is 10.2 Å². The fraction of sp³-hybridized carbons (Fsp3) is 0. The van der Waals surface area contributed by atoms with E-state index in [0.29, 0.717) is 0 Å². The third kappa shape index (κ3) is 1.32. The van der Waals surface area contributed by atoms with Gasteiger partial charge < -0.3 is 0 Å². The van der Waals surface area contributed by atoms with Crippen LogP contribution in [0.25, 0.3) is 0 Å². The Labute approximate surface area is 55.8 Å². The van der Waals surface area contributed by atoms with Gasteiger partial charge in [-0.2, -0.15) is 27.1 Å². The summed E-state index contributed by atoms with van der Waals surface area (Å²) in [5, 5.41) is 2.08. The van der Waals surface area contributed by atoms with Gasteiger partial charge in [0.2, 0.25) is 6.10 Å². The lowest BCUT2D eigenvalue weighted by Crippen LogP contribution is -1.98. The van der Waals surface area contributed by atoms with Gasteiger partial charge in [-0.15, -0.1) is 0 Å². The molecule has 0 saturated heterocycles. The fourth-order valence-electron chi connectivity index (χ4n) is 0.389. The second-order valence-electron chi connectivity index (χ2n) is 1.21. The average molecular weight is 175 g/mol. The fourth-order valence-corrected chi connectivity index (χ4v) is 1.52. The number of thiophene rings is 1. The highest BCUT2D eigenvalue weighted by Crippen LogP contribution is 1.92. The van der Waals surface area contributed by atoms with Gasteiger partial charge in [0.15, 0.2) is 0 Å². The molecule has 0 unspecified atom stereocenters. The summed E-state index contributed by atoms with van der Waals surface area (Å²) in [6, 6.07) is 4.17. The summed E-state index contributed by atoms with van der Waals surface area (Å²) in [4.78, 5) is 0. The quantitative estimate of drug-likeness (QED) is 0.561. The molecule has 1 aromatic heterocycles. The Bertz CT molecular complexity index is 126. The van der Waals surface area contributed by atoms with Gasteiger partial charge >= 0.3 is 0 Å². The molecule has 36 valence electrons. The standard InChI is InChI=1S/C4H4BBrS/c6-5-4-2-1-3-7-4/h1-3,5H. The lowest BCUT2D eigenvalue weighted by molar-refractivity contribution is 2.07. The molecule has 1 heterocycles. The van der Waals surface area contributed by atoms with E-state index in [1.165, 1.54) is 4.78 Å². The van der Waals surface area contributed by atoms with Crippen molar-refractivity contribution >= 4 is 38.0 Å². The Balaban J connectivity index is 2.76. The second kappa shape index (κ2) is 2.53. The molecule has 0 aromatic carbocycles. The monoisotopic (exact) mass is 174 g/mol. The van der Waals surface area contributed by atoms with Gasteiger partial charge in [-0.3, -0.25) is 0 Å². The summed E-state index contributed by atoms with van der Waals surface area (Å²) in [5.41, 5.74) is 0. The molecule has 1 aromatic rings. The smallest absolute Gasteiger partial charge is 0.158 e. The highest BCUT2D eigenvalue weighted by Gasteiger charge is 1.87. The van der Waals surface area contributed by atoms with Crippen LogP contribution in [0.4, 0.5) is 0 Å². The van der Waals surface area contributed by atoms with Crippen molar-refractivity contribution in [3.63, 3.8) is 0 Å². The summed E-state index contributed by atoms with van der Waals surface area (Å²) in [7, 11) is 0. The molecule has 0 fully saturated rings. The minimum Gasteiger partial charge on any atom is -0.158 e. The van der Waals surface area contributed by atoms with E-state index in [-0.39, 0.29) is 0 Å². The van der Waals surface area contributed by atoms with Crippen molar-refractivity contribution in [1.82, 2.24) is 0 Å². The maximum absolute atomic E-state index is 3.35. The zero-order chi connectivity index (χ0) is 5.11. The molecule has 0 radical (unpaired) electrons. The SMILES string of the molecule is BrBc1cccs1. The zero-order valence-electron chi connectivity index (χ0n) is 3.73. The van der Waals surface area contributed by atoms with Crippen LogP contribution >= 0.6 is 27.1 Å². The van der Waals surface area contributed by atoms with E-state index < -0.39 is 0 Å². The predicted octanol–water partition coefficient (Wildman–Crippen LogP) is 1.12. The number of halogens is 1. The maximum atomic E-state index is 3.35. The molecule has 7 heavy (non-hydrogen) atoms. The summed E-state index contributed by atoms with van der Waals surface area (Å²) in [6.07, 6.45) is 0.991. The Kier molecular flexibility index (Phi) is 1.94. The lowest BCUT2D eigenvalue weighted by atomic mass is 10.1. The van der Waals surface area contributed by atoms with E-state index in [0.717, 1.165) is 6.10 Å². The van der Waals surface area contributed by atoms with Gasteiger partial charge in [0, 0.05) is 0 Å². The van der Waals surface area contributed by atoms with Crippen molar-refractivity contribution in [1.29, 1.82) is 0 Å². The Morgan fingerprint density at radius 2 is 2.57 bits per heavy atom. The molecule has 0 nitrogen and oxygen atoms in total. The molecule has 0 aliphatic heterocycles. The third-order valence-corrected chi connectivity index (χ3v) is 2.56. The maximum Gasteiger partial charge on any atom is 0.250 e. The minimum atomic E-state index is 0.991. The van der Waals surface area contributed by atoms with Crippen LogP contribution in [0.15, 0.2) is 17.5 Å². The summed E-state index contributed by atoms with van der Waals surface area (Å²) in [5.74, 6) is 0. The van der Waals surface area contributed by atoms with Crippen LogP contribution in [0.2, 0.25) is 0 Å². The van der Waals surface area contributed by atoms with Crippen LogP contribution in [0, 0.1) is 0 Å². The second-order valence-corrected chi connectivity index (χ2v) is 2.81. The summed E-state index contributed by atoms with van der Waals surface area (Å²) < 4.78 is 1.39. The van der Waals surface area contributed by atoms with E-state index in [2.05, 4.69) is 33.3 Å². The van der Waals surface area contributed by atoms with Gasteiger partial charge in [-0.25, -0.2) is 0 Å². The van der Waals surface area contributed by atoms with Crippen molar-refractivity contribution in [3.05, 3.63) is 17.5 Å². The first-order valence-corrected chi connectivity index (χ1v) is 4.02. The molecule has 0 aliphatic carbocycles. The number of hydrogen-bond acceptors (Lipinski definition) is 1. The Hall–Kier alpha value is 0.245. The lowest BCUT2D eigenvalue weighted by Gasteiger charge is -1.74. The minimum absolute atomic E-state index is 0.991. The van der Waals surface area contributed by atoms with Crippen LogP contribution in [-0.4, -0.2) is 6.10 Å². The normalized spacial score (nSPS) is 8.71. The predicted molar refractivity (Wildman–Crippen MR) is 40.0 cm³/mol. The van der Waals surface area contributed by atoms with Crippen LogP contribution in [0.1, 0.15) is 0 Å². The third-order valence-electron chi connectivity index (χ3n) is 0.712. The van der Waals surface area contributed by atoms with Crippen molar-refractivity contribution in [2.45, 2.75) is 0 Å². The highest BCUT2D eigenvalue weighted by atomic mass is 79.9. The Morgan fingerprint density at radius 3 is 2.86 bits per heavy atom. The first-order chi connectivity index (χ1) is 3.43. The molecule has 0 aliphatic rings. The molecule has 0 saturated carbocycles. The topological polar surface area (TPSA) is 0 Å². The van der Waals surface area contributed by atoms with E-state index in [1.54, 1.807) is 11.3 Å². The molecule has 0 atom stereocenters. The van der Waals surface area contributed by atoms with Gasteiger partial charge in [-0.1, -0.05) is 12.1 Å². The van der Waals surface area contributed by atoms with Gasteiger partial charge in [0.25, 0.3) is 0 Å². The van der Waals surface area contributed by atoms with Crippen LogP contribution < -0.4 is 4.78 Å². The van der Waals surface area contributed by atoms with Gasteiger partial charge in [0.1, 0.15) is 0 Å².